The van der Waals surface area contributed by atoms with Crippen molar-refractivity contribution in [3.05, 3.63) is 48.0 Å². The third-order valence-electron chi connectivity index (χ3n) is 2.71. The van der Waals surface area contributed by atoms with Crippen LogP contribution in [0.15, 0.2) is 52.3 Å². The van der Waals surface area contributed by atoms with Gasteiger partial charge in [-0.05, 0) is 42.5 Å². The van der Waals surface area contributed by atoms with E-state index in [1.807, 2.05) is 0 Å². The summed E-state index contributed by atoms with van der Waals surface area (Å²) in [5.74, 6) is -1.36. The molecule has 0 saturated carbocycles. The molecular weight excluding hydrogens is 280 g/mol. The van der Waals surface area contributed by atoms with Crippen LogP contribution >= 0.6 is 0 Å². The van der Waals surface area contributed by atoms with Gasteiger partial charge in [0.15, 0.2) is 0 Å². The van der Waals surface area contributed by atoms with Crippen LogP contribution in [-0.2, 0) is 9.84 Å². The van der Waals surface area contributed by atoms with Crippen LogP contribution in [0.5, 0.6) is 0 Å². The van der Waals surface area contributed by atoms with Crippen LogP contribution in [0.4, 0.5) is 11.4 Å². The van der Waals surface area contributed by atoms with Crippen molar-refractivity contribution in [1.82, 2.24) is 0 Å². The summed E-state index contributed by atoms with van der Waals surface area (Å²) in [5.41, 5.74) is 11.2. The zero-order valence-electron chi connectivity index (χ0n) is 10.3. The third kappa shape index (κ3) is 2.43. The molecule has 0 unspecified atom stereocenters. The number of carboxylic acid groups (broad SMARTS) is 1. The van der Waals surface area contributed by atoms with E-state index in [-0.39, 0.29) is 21.0 Å². The van der Waals surface area contributed by atoms with E-state index in [2.05, 4.69) is 0 Å². The Bertz CT molecular complexity index is 767. The van der Waals surface area contributed by atoms with Gasteiger partial charge in [-0.15, -0.1) is 0 Å². The molecule has 0 fully saturated rings. The summed E-state index contributed by atoms with van der Waals surface area (Å²) in [7, 11) is -3.94. The Labute approximate surface area is 115 Å². The van der Waals surface area contributed by atoms with Crippen LogP contribution in [0.25, 0.3) is 0 Å². The van der Waals surface area contributed by atoms with Crippen molar-refractivity contribution in [3.63, 3.8) is 0 Å². The van der Waals surface area contributed by atoms with Crippen LogP contribution < -0.4 is 11.5 Å². The molecule has 0 aliphatic rings. The Kier molecular flexibility index (Phi) is 3.37. The second kappa shape index (κ2) is 4.86. The molecule has 5 N–H and O–H groups in total. The highest BCUT2D eigenvalue weighted by molar-refractivity contribution is 7.91. The molecule has 0 saturated heterocycles. The number of sulfone groups is 1. The van der Waals surface area contributed by atoms with Crippen LogP contribution in [0.2, 0.25) is 0 Å². The maximum atomic E-state index is 12.4. The van der Waals surface area contributed by atoms with Crippen molar-refractivity contribution in [2.75, 3.05) is 11.5 Å². The smallest absolute Gasteiger partial charge is 0.337 e. The van der Waals surface area contributed by atoms with E-state index >= 15 is 0 Å². The standard InChI is InChI=1S/C13H12N2O4S/c14-8-1-4-10(5-2-8)20(18,19)12-6-3-9(15)7-11(12)13(16)17/h1-7H,14-15H2,(H,16,17). The van der Waals surface area contributed by atoms with Crippen LogP contribution in [0.1, 0.15) is 10.4 Å². The zero-order valence-corrected chi connectivity index (χ0v) is 11.1. The molecule has 0 bridgehead atoms. The van der Waals surface area contributed by atoms with E-state index in [9.17, 15) is 13.2 Å². The van der Waals surface area contributed by atoms with Crippen molar-refractivity contribution in [2.24, 2.45) is 0 Å². The van der Waals surface area contributed by atoms with Crippen molar-refractivity contribution < 1.29 is 18.3 Å². The molecule has 7 heteroatoms. The second-order valence-electron chi connectivity index (χ2n) is 4.13. The maximum Gasteiger partial charge on any atom is 0.337 e. The molecule has 0 aliphatic heterocycles. The molecule has 0 heterocycles. The molecule has 104 valence electrons. The van der Waals surface area contributed by atoms with Crippen LogP contribution in [0, 0.1) is 0 Å². The number of nitrogen functional groups attached to an aromatic ring is 2. The summed E-state index contributed by atoms with van der Waals surface area (Å²) in [6.07, 6.45) is 0. The number of anilines is 2. The fourth-order valence-electron chi connectivity index (χ4n) is 1.72. The zero-order chi connectivity index (χ0) is 14.9. The largest absolute Gasteiger partial charge is 0.478 e. The van der Waals surface area contributed by atoms with Crippen molar-refractivity contribution in [3.8, 4) is 0 Å². The van der Waals surface area contributed by atoms with Gasteiger partial charge in [-0.3, -0.25) is 0 Å². The molecule has 0 atom stereocenters. The molecule has 0 spiro atoms. The highest BCUT2D eigenvalue weighted by atomic mass is 32.2. The minimum Gasteiger partial charge on any atom is -0.478 e. The number of carbonyl (C=O) groups is 1. The van der Waals surface area contributed by atoms with Gasteiger partial charge in [-0.1, -0.05) is 0 Å². The monoisotopic (exact) mass is 292 g/mol. The summed E-state index contributed by atoms with van der Waals surface area (Å²) in [4.78, 5) is 10.8. The van der Waals surface area contributed by atoms with Crippen molar-refractivity contribution >= 4 is 27.2 Å². The first kappa shape index (κ1) is 13.9. The first-order valence-electron chi connectivity index (χ1n) is 5.56. The van der Waals surface area contributed by atoms with Gasteiger partial charge >= 0.3 is 5.97 Å². The lowest BCUT2D eigenvalue weighted by Crippen LogP contribution is -2.10. The van der Waals surface area contributed by atoms with Gasteiger partial charge in [0.05, 0.1) is 15.4 Å². The Morgan fingerprint density at radius 2 is 1.50 bits per heavy atom. The lowest BCUT2D eigenvalue weighted by atomic mass is 10.2. The van der Waals surface area contributed by atoms with E-state index in [4.69, 9.17) is 16.6 Å². The number of rotatable bonds is 3. The Hall–Kier alpha value is -2.54. The quantitative estimate of drug-likeness (QED) is 0.734. The predicted octanol–water partition coefficient (Wildman–Crippen LogP) is 1.38. The summed E-state index contributed by atoms with van der Waals surface area (Å²) >= 11 is 0. The number of aromatic carboxylic acids is 1. The van der Waals surface area contributed by atoms with E-state index < -0.39 is 15.8 Å². The molecule has 2 rings (SSSR count). The van der Waals surface area contributed by atoms with Crippen LogP contribution in [0.3, 0.4) is 0 Å². The second-order valence-corrected chi connectivity index (χ2v) is 6.05. The lowest BCUT2D eigenvalue weighted by molar-refractivity contribution is 0.0692. The molecule has 0 aromatic heterocycles. The summed E-state index contributed by atoms with van der Waals surface area (Å²) in [6.45, 7) is 0. The highest BCUT2D eigenvalue weighted by Gasteiger charge is 2.24. The van der Waals surface area contributed by atoms with Gasteiger partial charge in [0.1, 0.15) is 0 Å². The van der Waals surface area contributed by atoms with Gasteiger partial charge in [-0.2, -0.15) is 0 Å². The molecule has 0 radical (unpaired) electrons. The summed E-state index contributed by atoms with van der Waals surface area (Å²) in [5, 5.41) is 9.10. The lowest BCUT2D eigenvalue weighted by Gasteiger charge is -2.09. The topological polar surface area (TPSA) is 123 Å². The van der Waals surface area contributed by atoms with E-state index in [1.54, 1.807) is 0 Å². The first-order valence-corrected chi connectivity index (χ1v) is 7.04. The normalized spacial score (nSPS) is 11.2. The first-order chi connectivity index (χ1) is 9.32. The average Bonchev–Trinajstić information content (AvgIpc) is 2.38. The highest BCUT2D eigenvalue weighted by Crippen LogP contribution is 2.26. The molecule has 6 nitrogen and oxygen atoms in total. The maximum absolute atomic E-state index is 12.4. The molecule has 0 amide bonds. The molecule has 20 heavy (non-hydrogen) atoms. The predicted molar refractivity (Wildman–Crippen MR) is 74.1 cm³/mol. The number of carboxylic acids is 1. The molecule has 2 aromatic rings. The van der Waals surface area contributed by atoms with Gasteiger partial charge in [0, 0.05) is 11.4 Å². The third-order valence-corrected chi connectivity index (χ3v) is 4.54. The Balaban J connectivity index is 2.66. The van der Waals surface area contributed by atoms with E-state index in [1.165, 1.54) is 36.4 Å². The summed E-state index contributed by atoms with van der Waals surface area (Å²) in [6, 6.07) is 9.17. The fraction of sp³-hybridized carbons (Fsp3) is 0. The number of nitrogens with two attached hydrogens (primary N) is 2. The average molecular weight is 292 g/mol. The molecule has 2 aromatic carbocycles. The summed E-state index contributed by atoms with van der Waals surface area (Å²) < 4.78 is 24.9. The Morgan fingerprint density at radius 1 is 0.950 bits per heavy atom. The van der Waals surface area contributed by atoms with E-state index in [0.29, 0.717) is 5.69 Å². The fourth-order valence-corrected chi connectivity index (χ4v) is 3.15. The van der Waals surface area contributed by atoms with Gasteiger partial charge in [0.25, 0.3) is 0 Å². The molecule has 0 aliphatic carbocycles. The molecular formula is C13H12N2O4S. The van der Waals surface area contributed by atoms with Gasteiger partial charge in [-0.25, -0.2) is 13.2 Å². The van der Waals surface area contributed by atoms with Crippen molar-refractivity contribution in [2.45, 2.75) is 9.79 Å². The van der Waals surface area contributed by atoms with E-state index in [0.717, 1.165) is 6.07 Å². The number of hydrogen-bond donors (Lipinski definition) is 3. The number of hydrogen-bond acceptors (Lipinski definition) is 5. The van der Waals surface area contributed by atoms with Crippen molar-refractivity contribution in [1.29, 1.82) is 0 Å². The number of benzene rings is 2. The van der Waals surface area contributed by atoms with Gasteiger partial charge < -0.3 is 16.6 Å². The minimum absolute atomic E-state index is 0.0287. The van der Waals surface area contributed by atoms with Gasteiger partial charge in [0.2, 0.25) is 9.84 Å². The SMILES string of the molecule is Nc1ccc(S(=O)(=O)c2ccc(N)cc2C(=O)O)cc1. The van der Waals surface area contributed by atoms with Crippen LogP contribution in [-0.4, -0.2) is 19.5 Å². The minimum atomic E-state index is -3.94. The Morgan fingerprint density at radius 3 is 2.05 bits per heavy atom.